The van der Waals surface area contributed by atoms with Crippen LogP contribution in [-0.2, 0) is 11.2 Å². The molecule has 1 amide bonds. The number of hydrogen-bond acceptors (Lipinski definition) is 3. The normalized spacial score (nSPS) is 12.5. The van der Waals surface area contributed by atoms with Crippen molar-refractivity contribution in [1.82, 2.24) is 5.32 Å². The van der Waals surface area contributed by atoms with E-state index in [4.69, 9.17) is 10.2 Å². The van der Waals surface area contributed by atoms with Gasteiger partial charge in [0.25, 0.3) is 0 Å². The molecule has 0 fully saturated rings. The molecule has 4 heteroatoms. The SMILES string of the molecule is Cc1ccc(CC(=O)NCC(C)CN)o1. The number of furan rings is 1. The minimum absolute atomic E-state index is 0.0235. The summed E-state index contributed by atoms with van der Waals surface area (Å²) in [5.41, 5.74) is 5.44. The molecule has 84 valence electrons. The molecule has 0 spiro atoms. The molecule has 1 rings (SSSR count). The maximum Gasteiger partial charge on any atom is 0.227 e. The van der Waals surface area contributed by atoms with Crippen molar-refractivity contribution in [2.24, 2.45) is 11.7 Å². The average molecular weight is 210 g/mol. The summed E-state index contributed by atoms with van der Waals surface area (Å²) in [5.74, 6) is 1.82. The summed E-state index contributed by atoms with van der Waals surface area (Å²) < 4.78 is 5.30. The highest BCUT2D eigenvalue weighted by Crippen LogP contribution is 2.06. The first-order valence-corrected chi connectivity index (χ1v) is 5.14. The van der Waals surface area contributed by atoms with Gasteiger partial charge in [-0.15, -0.1) is 0 Å². The van der Waals surface area contributed by atoms with E-state index in [2.05, 4.69) is 5.32 Å². The van der Waals surface area contributed by atoms with E-state index >= 15 is 0 Å². The molecule has 1 aromatic rings. The summed E-state index contributed by atoms with van der Waals surface area (Å²) in [7, 11) is 0. The van der Waals surface area contributed by atoms with Gasteiger partial charge in [-0.25, -0.2) is 0 Å². The van der Waals surface area contributed by atoms with Gasteiger partial charge < -0.3 is 15.5 Å². The molecule has 0 aliphatic carbocycles. The molecule has 1 unspecified atom stereocenters. The molecule has 0 saturated carbocycles. The fourth-order valence-electron chi connectivity index (χ4n) is 1.17. The van der Waals surface area contributed by atoms with Crippen LogP contribution in [0.3, 0.4) is 0 Å². The average Bonchev–Trinajstić information content (AvgIpc) is 2.60. The van der Waals surface area contributed by atoms with Crippen LogP contribution < -0.4 is 11.1 Å². The quantitative estimate of drug-likeness (QED) is 0.756. The van der Waals surface area contributed by atoms with E-state index in [9.17, 15) is 4.79 Å². The van der Waals surface area contributed by atoms with Crippen LogP contribution in [-0.4, -0.2) is 19.0 Å². The van der Waals surface area contributed by atoms with Gasteiger partial charge in [0.1, 0.15) is 11.5 Å². The van der Waals surface area contributed by atoms with Gasteiger partial charge in [-0.2, -0.15) is 0 Å². The van der Waals surface area contributed by atoms with E-state index in [0.29, 0.717) is 31.2 Å². The monoisotopic (exact) mass is 210 g/mol. The molecule has 1 heterocycles. The van der Waals surface area contributed by atoms with Gasteiger partial charge in [-0.05, 0) is 31.5 Å². The predicted molar refractivity (Wildman–Crippen MR) is 58.4 cm³/mol. The van der Waals surface area contributed by atoms with Gasteiger partial charge in [0.2, 0.25) is 5.91 Å². The number of amides is 1. The third-order valence-electron chi connectivity index (χ3n) is 2.18. The molecular weight excluding hydrogens is 192 g/mol. The lowest BCUT2D eigenvalue weighted by Crippen LogP contribution is -2.32. The van der Waals surface area contributed by atoms with Crippen molar-refractivity contribution in [1.29, 1.82) is 0 Å². The molecule has 1 atom stereocenters. The zero-order valence-corrected chi connectivity index (χ0v) is 9.25. The second-order valence-corrected chi connectivity index (χ2v) is 3.83. The minimum atomic E-state index is -0.0235. The van der Waals surface area contributed by atoms with Crippen LogP contribution in [0.5, 0.6) is 0 Å². The summed E-state index contributed by atoms with van der Waals surface area (Å²) >= 11 is 0. The number of hydrogen-bond donors (Lipinski definition) is 2. The highest BCUT2D eigenvalue weighted by molar-refractivity contribution is 5.77. The first-order valence-electron chi connectivity index (χ1n) is 5.14. The number of aryl methyl sites for hydroxylation is 1. The van der Waals surface area contributed by atoms with Crippen molar-refractivity contribution < 1.29 is 9.21 Å². The molecule has 1 aromatic heterocycles. The van der Waals surface area contributed by atoms with Gasteiger partial charge >= 0.3 is 0 Å². The van der Waals surface area contributed by atoms with Crippen molar-refractivity contribution in [3.8, 4) is 0 Å². The van der Waals surface area contributed by atoms with Gasteiger partial charge in [0.15, 0.2) is 0 Å². The van der Waals surface area contributed by atoms with Crippen molar-refractivity contribution in [2.75, 3.05) is 13.1 Å². The van der Waals surface area contributed by atoms with Crippen LogP contribution in [0, 0.1) is 12.8 Å². The fourth-order valence-corrected chi connectivity index (χ4v) is 1.17. The van der Waals surface area contributed by atoms with Crippen molar-refractivity contribution >= 4 is 5.91 Å². The lowest BCUT2D eigenvalue weighted by molar-refractivity contribution is -0.120. The topological polar surface area (TPSA) is 68.3 Å². The third kappa shape index (κ3) is 4.16. The smallest absolute Gasteiger partial charge is 0.227 e. The van der Waals surface area contributed by atoms with Crippen LogP contribution in [0.4, 0.5) is 0 Å². The largest absolute Gasteiger partial charge is 0.466 e. The zero-order chi connectivity index (χ0) is 11.3. The molecular formula is C11H18N2O2. The van der Waals surface area contributed by atoms with Gasteiger partial charge in [-0.3, -0.25) is 4.79 Å². The zero-order valence-electron chi connectivity index (χ0n) is 9.25. The Kier molecular flexibility index (Phi) is 4.37. The fraction of sp³-hybridized carbons (Fsp3) is 0.545. The molecule has 15 heavy (non-hydrogen) atoms. The van der Waals surface area contributed by atoms with E-state index in [1.807, 2.05) is 26.0 Å². The van der Waals surface area contributed by atoms with Crippen LogP contribution >= 0.6 is 0 Å². The summed E-state index contributed by atoms with van der Waals surface area (Å²) in [4.78, 5) is 11.4. The van der Waals surface area contributed by atoms with Crippen LogP contribution in [0.15, 0.2) is 16.5 Å². The highest BCUT2D eigenvalue weighted by atomic mass is 16.3. The van der Waals surface area contributed by atoms with Crippen LogP contribution in [0.1, 0.15) is 18.4 Å². The van der Waals surface area contributed by atoms with E-state index in [1.54, 1.807) is 0 Å². The van der Waals surface area contributed by atoms with E-state index in [0.717, 1.165) is 5.76 Å². The first kappa shape index (κ1) is 11.8. The van der Waals surface area contributed by atoms with E-state index in [1.165, 1.54) is 0 Å². The molecule has 4 nitrogen and oxygen atoms in total. The number of nitrogens with two attached hydrogens (primary N) is 1. The summed E-state index contributed by atoms with van der Waals surface area (Å²) in [6.45, 7) is 5.06. The molecule has 0 aliphatic heterocycles. The van der Waals surface area contributed by atoms with Crippen molar-refractivity contribution in [3.63, 3.8) is 0 Å². The van der Waals surface area contributed by atoms with Gasteiger partial charge in [0.05, 0.1) is 6.42 Å². The van der Waals surface area contributed by atoms with Crippen LogP contribution in [0.2, 0.25) is 0 Å². The summed E-state index contributed by atoms with van der Waals surface area (Å²) in [5, 5.41) is 2.81. The summed E-state index contributed by atoms with van der Waals surface area (Å²) in [6.07, 6.45) is 0.297. The number of carbonyl (C=O) groups excluding carboxylic acids is 1. The van der Waals surface area contributed by atoms with Gasteiger partial charge in [-0.1, -0.05) is 6.92 Å². The van der Waals surface area contributed by atoms with Crippen LogP contribution in [0.25, 0.3) is 0 Å². The number of rotatable bonds is 5. The molecule has 0 aliphatic rings. The summed E-state index contributed by atoms with van der Waals surface area (Å²) in [6, 6.07) is 3.67. The Morgan fingerprint density at radius 3 is 2.87 bits per heavy atom. The number of nitrogens with one attached hydrogen (secondary N) is 1. The Hall–Kier alpha value is -1.29. The molecule has 0 bridgehead atoms. The molecule has 3 N–H and O–H groups in total. The Morgan fingerprint density at radius 1 is 1.60 bits per heavy atom. The van der Waals surface area contributed by atoms with Crippen molar-refractivity contribution in [2.45, 2.75) is 20.3 Å². The Balaban J connectivity index is 2.30. The lowest BCUT2D eigenvalue weighted by atomic mass is 10.2. The second-order valence-electron chi connectivity index (χ2n) is 3.83. The second kappa shape index (κ2) is 5.56. The maximum absolute atomic E-state index is 11.4. The lowest BCUT2D eigenvalue weighted by Gasteiger charge is -2.09. The third-order valence-corrected chi connectivity index (χ3v) is 2.18. The van der Waals surface area contributed by atoms with Gasteiger partial charge in [0, 0.05) is 6.54 Å². The molecule has 0 radical (unpaired) electrons. The van der Waals surface area contributed by atoms with E-state index in [-0.39, 0.29) is 5.91 Å². The Bertz CT molecular complexity index is 320. The minimum Gasteiger partial charge on any atom is -0.466 e. The Labute approximate surface area is 89.8 Å². The molecule has 0 aromatic carbocycles. The number of carbonyl (C=O) groups is 1. The molecule has 0 saturated heterocycles. The predicted octanol–water partition coefficient (Wildman–Crippen LogP) is 0.842. The Morgan fingerprint density at radius 2 is 2.33 bits per heavy atom. The van der Waals surface area contributed by atoms with Crippen molar-refractivity contribution in [3.05, 3.63) is 23.7 Å². The maximum atomic E-state index is 11.4. The standard InChI is InChI=1S/C11H18N2O2/c1-8(6-12)7-13-11(14)5-10-4-3-9(2)15-10/h3-4,8H,5-7,12H2,1-2H3,(H,13,14). The highest BCUT2D eigenvalue weighted by Gasteiger charge is 2.07. The van der Waals surface area contributed by atoms with E-state index < -0.39 is 0 Å². The first-order chi connectivity index (χ1) is 7.11.